The first kappa shape index (κ1) is 8.74. The molecule has 27 heavy (non-hydrogen) atoms. The highest BCUT2D eigenvalue weighted by molar-refractivity contribution is 6.03. The average Bonchev–Trinajstić information content (AvgIpc) is 3.04. The van der Waals surface area contributed by atoms with Crippen molar-refractivity contribution in [2.24, 2.45) is 5.92 Å². The smallest absolute Gasteiger partial charge is 0.230 e. The fraction of sp³-hybridized carbons (Fsp3) is 0.455. The molecular weight excluding hydrogens is 338 g/mol. The van der Waals surface area contributed by atoms with E-state index in [9.17, 15) is 9.59 Å². The van der Waals surface area contributed by atoms with Crippen LogP contribution in [0.5, 0.6) is 0 Å². The normalized spacial score (nSPS) is 30.2. The molecule has 0 fully saturated rings. The summed E-state index contributed by atoms with van der Waals surface area (Å²) in [6.45, 7) is -13.3. The molecule has 2 atom stereocenters. The van der Waals surface area contributed by atoms with E-state index in [0.717, 1.165) is 0 Å². The van der Waals surface area contributed by atoms with Gasteiger partial charge in [-0.25, -0.2) is 0 Å². The van der Waals surface area contributed by atoms with Crippen LogP contribution in [0.3, 0.4) is 0 Å². The van der Waals surface area contributed by atoms with E-state index in [0.29, 0.717) is 27.6 Å². The first-order valence-corrected chi connectivity index (χ1v) is 8.55. The molecule has 5 nitrogen and oxygen atoms in total. The summed E-state index contributed by atoms with van der Waals surface area (Å²) in [5.74, 6) is -3.11. The number of carbonyl (C=O) groups is 2. The minimum Gasteiger partial charge on any atom is -0.343 e. The van der Waals surface area contributed by atoms with Gasteiger partial charge in [-0.3, -0.25) is 19.1 Å². The van der Waals surface area contributed by atoms with Crippen LogP contribution in [0.4, 0.5) is 0 Å². The Morgan fingerprint density at radius 2 is 2.15 bits per heavy atom. The van der Waals surface area contributed by atoms with Gasteiger partial charge in [-0.15, -0.1) is 0 Å². The van der Waals surface area contributed by atoms with Crippen molar-refractivity contribution in [3.05, 3.63) is 41.6 Å². The number of hydrogen-bond acceptors (Lipinski definition) is 3. The van der Waals surface area contributed by atoms with Crippen LogP contribution in [0.1, 0.15) is 53.0 Å². The van der Waals surface area contributed by atoms with Crippen LogP contribution in [0.25, 0.3) is 16.5 Å². The van der Waals surface area contributed by atoms with Gasteiger partial charge in [0.1, 0.15) is 0 Å². The van der Waals surface area contributed by atoms with Crippen molar-refractivity contribution in [1.29, 1.82) is 0 Å². The van der Waals surface area contributed by atoms with Crippen molar-refractivity contribution in [2.75, 3.05) is 26.6 Å². The molecular formula is C22H27N3O2. The summed E-state index contributed by atoms with van der Waals surface area (Å²) in [5.41, 5.74) is 1.89. The van der Waals surface area contributed by atoms with E-state index in [1.165, 1.54) is 29.7 Å². The maximum absolute atomic E-state index is 13.8. The molecule has 4 rings (SSSR count). The summed E-state index contributed by atoms with van der Waals surface area (Å²) in [6, 6.07) is 2.57. The number of fused-ring (bicyclic) bond motifs is 2. The predicted octanol–water partition coefficient (Wildman–Crippen LogP) is 3.04. The van der Waals surface area contributed by atoms with Crippen LogP contribution in [0.15, 0.2) is 30.4 Å². The minimum absolute atomic E-state index is 0.0158. The molecule has 1 aromatic carbocycles. The summed E-state index contributed by atoms with van der Waals surface area (Å²) in [5, 5.41) is 0.544. The zero-order chi connectivity index (χ0) is 29.6. The Kier molecular flexibility index (Phi) is 2.15. The second kappa shape index (κ2) is 6.64. The molecule has 2 aromatic rings. The van der Waals surface area contributed by atoms with Crippen molar-refractivity contribution in [3.63, 3.8) is 0 Å². The first-order valence-electron chi connectivity index (χ1n) is 14.5. The van der Waals surface area contributed by atoms with Gasteiger partial charge >= 0.3 is 0 Å². The third-order valence-corrected chi connectivity index (χ3v) is 5.30. The van der Waals surface area contributed by atoms with Crippen LogP contribution in [-0.2, 0) is 11.2 Å². The monoisotopic (exact) mass is 377 g/mol. The standard InChI is InChI=1S/C22H27N3O2/c1-5-24(6-2)22(27)16-10-18-17-8-7-9-19-21(17)15(13-25(19)14(3)26)11-20(18)23(4)12-16/h7-10,13,16,20H,5-6,11-12H2,1-4H3/t16-,20-/m1/s1/i1D3,2D3,5D2,6D2,7D,13D. The van der Waals surface area contributed by atoms with Gasteiger partial charge in [-0.1, -0.05) is 18.2 Å². The SMILES string of the molecule is [2H]c1cc2c3c(c([2H])n(C(C)=O)c3c1)C[C@@H]1C2=C[C@@H](C(=O)N(C([2H])([2H])C([2H])([2H])[2H])C([2H])([2H])C([2H])([2H])[2H])CN1C. The average molecular weight is 378 g/mol. The van der Waals surface area contributed by atoms with Crippen molar-refractivity contribution in [2.45, 2.75) is 33.1 Å². The van der Waals surface area contributed by atoms with Crippen molar-refractivity contribution < 1.29 is 26.0 Å². The predicted molar refractivity (Wildman–Crippen MR) is 108 cm³/mol. The number of nitrogens with zero attached hydrogens (tertiary/aromatic N) is 3. The van der Waals surface area contributed by atoms with E-state index < -0.39 is 50.5 Å². The van der Waals surface area contributed by atoms with Gasteiger partial charge < -0.3 is 4.90 Å². The Bertz CT molecular complexity index is 1380. The highest BCUT2D eigenvalue weighted by atomic mass is 16.2. The molecule has 1 amide bonds. The van der Waals surface area contributed by atoms with E-state index in [4.69, 9.17) is 16.4 Å². The first-order chi connectivity index (χ1) is 17.6. The van der Waals surface area contributed by atoms with Crippen LogP contribution < -0.4 is 0 Å². The molecule has 0 N–H and O–H groups in total. The third kappa shape index (κ3) is 2.72. The van der Waals surface area contributed by atoms with E-state index in [1.807, 2.05) is 0 Å². The van der Waals surface area contributed by atoms with Gasteiger partial charge in [-0.05, 0) is 49.9 Å². The van der Waals surface area contributed by atoms with Crippen LogP contribution in [0, 0.1) is 5.92 Å². The molecule has 1 aliphatic heterocycles. The number of benzene rings is 1. The molecule has 142 valence electrons. The molecule has 5 heteroatoms. The summed E-state index contributed by atoms with van der Waals surface area (Å²) >= 11 is 0. The van der Waals surface area contributed by atoms with E-state index in [2.05, 4.69) is 0 Å². The highest BCUT2D eigenvalue weighted by Crippen LogP contribution is 2.41. The van der Waals surface area contributed by atoms with E-state index in [-0.39, 0.29) is 30.1 Å². The highest BCUT2D eigenvalue weighted by Gasteiger charge is 2.37. The number of amides is 1. The molecule has 2 heterocycles. The number of hydrogen-bond donors (Lipinski definition) is 0. The quantitative estimate of drug-likeness (QED) is 0.826. The topological polar surface area (TPSA) is 45.6 Å². The maximum atomic E-state index is 13.8. The van der Waals surface area contributed by atoms with Gasteiger partial charge in [0.15, 0.2) is 0 Å². The van der Waals surface area contributed by atoms with Gasteiger partial charge in [0.25, 0.3) is 0 Å². The van der Waals surface area contributed by atoms with Gasteiger partial charge in [0.2, 0.25) is 11.8 Å². The number of rotatable bonds is 3. The Labute approximate surface area is 177 Å². The van der Waals surface area contributed by atoms with Crippen LogP contribution in [0.2, 0.25) is 0 Å². The zero-order valence-corrected chi connectivity index (χ0v) is 15.0. The van der Waals surface area contributed by atoms with E-state index in [1.54, 1.807) is 11.9 Å². The number of carbonyl (C=O) groups excluding carboxylic acids is 2. The molecule has 0 spiro atoms. The third-order valence-electron chi connectivity index (χ3n) is 5.30. The Balaban J connectivity index is 1.93. The molecule has 0 saturated heterocycles. The number of aromatic nitrogens is 1. The second-order valence-electron chi connectivity index (χ2n) is 6.86. The molecule has 0 saturated carbocycles. The van der Waals surface area contributed by atoms with E-state index >= 15 is 0 Å². The van der Waals surface area contributed by atoms with Crippen molar-refractivity contribution in [1.82, 2.24) is 14.4 Å². The fourth-order valence-corrected chi connectivity index (χ4v) is 4.09. The summed E-state index contributed by atoms with van der Waals surface area (Å²) < 4.78 is 96.3. The maximum Gasteiger partial charge on any atom is 0.230 e. The lowest BCUT2D eigenvalue weighted by molar-refractivity contribution is -0.134. The molecule has 2 aliphatic rings. The molecule has 0 unspecified atom stereocenters. The summed E-state index contributed by atoms with van der Waals surface area (Å²) in [4.78, 5) is 27.5. The summed E-state index contributed by atoms with van der Waals surface area (Å²) in [6.07, 6.45) is 1.69. The molecule has 1 aromatic heterocycles. The fourth-order valence-electron chi connectivity index (χ4n) is 4.09. The van der Waals surface area contributed by atoms with Crippen LogP contribution >= 0.6 is 0 Å². The number of likely N-dealkylation sites (N-methyl/N-ethyl adjacent to an activating group) is 1. The second-order valence-corrected chi connectivity index (χ2v) is 6.86. The lowest BCUT2D eigenvalue weighted by atomic mass is 9.79. The van der Waals surface area contributed by atoms with Crippen LogP contribution in [-0.4, -0.2) is 58.8 Å². The minimum atomic E-state index is -3.66. The Hall–Kier alpha value is -2.40. The molecule has 0 radical (unpaired) electrons. The van der Waals surface area contributed by atoms with Gasteiger partial charge in [-0.2, -0.15) is 0 Å². The zero-order valence-electron chi connectivity index (χ0n) is 27.0. The molecule has 0 bridgehead atoms. The lowest BCUT2D eigenvalue weighted by Gasteiger charge is -2.40. The van der Waals surface area contributed by atoms with Gasteiger partial charge in [0, 0.05) is 57.8 Å². The lowest BCUT2D eigenvalue weighted by Crippen LogP contribution is -2.47. The van der Waals surface area contributed by atoms with Crippen molar-refractivity contribution in [3.8, 4) is 0 Å². The Morgan fingerprint density at radius 1 is 1.37 bits per heavy atom. The van der Waals surface area contributed by atoms with Gasteiger partial charge in [0.05, 0.1) is 14.2 Å². The molecule has 1 aliphatic carbocycles. The largest absolute Gasteiger partial charge is 0.343 e. The summed E-state index contributed by atoms with van der Waals surface area (Å²) in [7, 11) is 1.64. The Morgan fingerprint density at radius 3 is 2.85 bits per heavy atom. The van der Waals surface area contributed by atoms with Crippen molar-refractivity contribution >= 4 is 28.3 Å².